The maximum atomic E-state index is 5.54. The van der Waals surface area contributed by atoms with Crippen LogP contribution in [-0.4, -0.2) is 35.8 Å². The monoisotopic (exact) mass is 236 g/mol. The molecule has 1 saturated carbocycles. The van der Waals surface area contributed by atoms with Crippen molar-refractivity contribution in [1.29, 1.82) is 0 Å². The highest BCUT2D eigenvalue weighted by molar-refractivity contribution is 5.56. The van der Waals surface area contributed by atoms with E-state index < -0.39 is 0 Å². The van der Waals surface area contributed by atoms with Crippen molar-refractivity contribution < 1.29 is 4.74 Å². The first-order valence-electron chi connectivity index (χ1n) is 6.12. The minimum absolute atomic E-state index is 0.420. The summed E-state index contributed by atoms with van der Waals surface area (Å²) in [6, 6.07) is 0.477. The molecule has 1 fully saturated rings. The van der Waals surface area contributed by atoms with Crippen molar-refractivity contribution >= 4 is 11.6 Å². The second kappa shape index (κ2) is 5.31. The molecule has 0 radical (unpaired) electrons. The van der Waals surface area contributed by atoms with E-state index in [1.807, 2.05) is 20.9 Å². The summed E-state index contributed by atoms with van der Waals surface area (Å²) in [5.74, 6) is 1.80. The van der Waals surface area contributed by atoms with E-state index in [4.69, 9.17) is 4.74 Å². The molecule has 1 heterocycles. The van der Waals surface area contributed by atoms with Crippen LogP contribution in [0.4, 0.5) is 11.6 Å². The van der Waals surface area contributed by atoms with E-state index in [1.54, 1.807) is 6.33 Å². The quantitative estimate of drug-likeness (QED) is 0.816. The van der Waals surface area contributed by atoms with Crippen LogP contribution in [0.25, 0.3) is 0 Å². The van der Waals surface area contributed by atoms with Gasteiger partial charge in [0.05, 0.1) is 6.10 Å². The van der Waals surface area contributed by atoms with E-state index in [0.717, 1.165) is 36.6 Å². The van der Waals surface area contributed by atoms with Gasteiger partial charge < -0.3 is 15.4 Å². The molecule has 0 unspecified atom stereocenters. The minimum Gasteiger partial charge on any atom is -0.378 e. The predicted octanol–water partition coefficient (Wildman–Crippen LogP) is 1.81. The van der Waals surface area contributed by atoms with Crippen molar-refractivity contribution in [3.8, 4) is 0 Å². The lowest BCUT2D eigenvalue weighted by Crippen LogP contribution is -2.41. The average Bonchev–Trinajstić information content (AvgIpc) is 2.28. The maximum Gasteiger partial charge on any atom is 0.134 e. The zero-order valence-corrected chi connectivity index (χ0v) is 10.7. The first-order chi connectivity index (χ1) is 8.24. The molecular weight excluding hydrogens is 216 g/mol. The SMILES string of the molecule is CCOC1CC(Nc2ncnc(NC)c2C)C1. The number of ether oxygens (including phenoxy) is 1. The smallest absolute Gasteiger partial charge is 0.134 e. The van der Waals surface area contributed by atoms with E-state index in [0.29, 0.717) is 12.1 Å². The van der Waals surface area contributed by atoms with Gasteiger partial charge in [0.25, 0.3) is 0 Å². The molecule has 2 rings (SSSR count). The lowest BCUT2D eigenvalue weighted by atomic mass is 9.89. The van der Waals surface area contributed by atoms with Crippen molar-refractivity contribution in [2.75, 3.05) is 24.3 Å². The minimum atomic E-state index is 0.420. The molecule has 5 heteroatoms. The molecule has 5 nitrogen and oxygen atoms in total. The lowest BCUT2D eigenvalue weighted by molar-refractivity contribution is 0.00291. The Morgan fingerprint density at radius 2 is 2.06 bits per heavy atom. The fraction of sp³-hybridized carbons (Fsp3) is 0.667. The van der Waals surface area contributed by atoms with Crippen LogP contribution >= 0.6 is 0 Å². The zero-order chi connectivity index (χ0) is 12.3. The van der Waals surface area contributed by atoms with Crippen LogP contribution in [-0.2, 0) is 4.74 Å². The fourth-order valence-corrected chi connectivity index (χ4v) is 2.10. The van der Waals surface area contributed by atoms with Gasteiger partial charge in [-0.1, -0.05) is 0 Å². The molecule has 94 valence electrons. The van der Waals surface area contributed by atoms with Crippen molar-refractivity contribution in [3.05, 3.63) is 11.9 Å². The van der Waals surface area contributed by atoms with Crippen LogP contribution in [0.3, 0.4) is 0 Å². The first kappa shape index (κ1) is 12.1. The number of rotatable bonds is 5. The van der Waals surface area contributed by atoms with Gasteiger partial charge in [0.1, 0.15) is 18.0 Å². The lowest BCUT2D eigenvalue weighted by Gasteiger charge is -2.36. The number of nitrogens with zero attached hydrogens (tertiary/aromatic N) is 2. The van der Waals surface area contributed by atoms with Crippen LogP contribution in [0.5, 0.6) is 0 Å². The summed E-state index contributed by atoms with van der Waals surface area (Å²) >= 11 is 0. The van der Waals surface area contributed by atoms with Gasteiger partial charge in [-0.05, 0) is 26.7 Å². The Kier molecular flexibility index (Phi) is 3.78. The van der Waals surface area contributed by atoms with Crippen molar-refractivity contribution in [2.45, 2.75) is 38.8 Å². The molecule has 17 heavy (non-hydrogen) atoms. The molecule has 2 N–H and O–H groups in total. The van der Waals surface area contributed by atoms with Gasteiger partial charge in [0.15, 0.2) is 0 Å². The number of aromatic nitrogens is 2. The summed E-state index contributed by atoms with van der Waals surface area (Å²) in [6.07, 6.45) is 4.13. The maximum absolute atomic E-state index is 5.54. The summed E-state index contributed by atoms with van der Waals surface area (Å²) < 4.78 is 5.54. The standard InChI is InChI=1S/C12H20N4O/c1-4-17-10-5-9(6-10)16-12-8(2)11(13-3)14-7-15-12/h7,9-10H,4-6H2,1-3H3,(H2,13,14,15,16). The molecule has 0 spiro atoms. The van der Waals surface area contributed by atoms with Crippen molar-refractivity contribution in [3.63, 3.8) is 0 Å². The molecule has 1 aromatic rings. The molecule has 0 atom stereocenters. The Hall–Kier alpha value is -1.36. The van der Waals surface area contributed by atoms with E-state index >= 15 is 0 Å². The van der Waals surface area contributed by atoms with E-state index in [9.17, 15) is 0 Å². The summed E-state index contributed by atoms with van der Waals surface area (Å²) in [4.78, 5) is 8.44. The summed E-state index contributed by atoms with van der Waals surface area (Å²) in [5.41, 5.74) is 1.06. The van der Waals surface area contributed by atoms with Gasteiger partial charge in [-0.15, -0.1) is 0 Å². The van der Waals surface area contributed by atoms with Gasteiger partial charge in [0, 0.05) is 25.3 Å². The van der Waals surface area contributed by atoms with Gasteiger partial charge in [-0.2, -0.15) is 0 Å². The number of hydrogen-bond acceptors (Lipinski definition) is 5. The highest BCUT2D eigenvalue weighted by Crippen LogP contribution is 2.28. The Labute approximate surface area is 102 Å². The largest absolute Gasteiger partial charge is 0.378 e. The molecule has 0 saturated heterocycles. The highest BCUT2D eigenvalue weighted by atomic mass is 16.5. The third kappa shape index (κ3) is 2.66. The first-order valence-corrected chi connectivity index (χ1v) is 6.12. The summed E-state index contributed by atoms with van der Waals surface area (Å²) in [7, 11) is 1.87. The van der Waals surface area contributed by atoms with Gasteiger partial charge in [-0.3, -0.25) is 0 Å². The topological polar surface area (TPSA) is 59.1 Å². The predicted molar refractivity (Wildman–Crippen MR) is 68.4 cm³/mol. The second-order valence-corrected chi connectivity index (χ2v) is 4.34. The average molecular weight is 236 g/mol. The van der Waals surface area contributed by atoms with Crippen LogP contribution < -0.4 is 10.6 Å². The zero-order valence-electron chi connectivity index (χ0n) is 10.7. The third-order valence-electron chi connectivity index (χ3n) is 3.16. The molecule has 0 bridgehead atoms. The molecule has 0 amide bonds. The number of anilines is 2. The van der Waals surface area contributed by atoms with Crippen LogP contribution in [0.2, 0.25) is 0 Å². The van der Waals surface area contributed by atoms with Gasteiger partial charge in [-0.25, -0.2) is 9.97 Å². The molecule has 0 aromatic carbocycles. The summed E-state index contributed by atoms with van der Waals surface area (Å²) in [6.45, 7) is 4.86. The number of nitrogens with one attached hydrogen (secondary N) is 2. The molecule has 1 aliphatic rings. The van der Waals surface area contributed by atoms with E-state index in [2.05, 4.69) is 20.6 Å². The van der Waals surface area contributed by atoms with E-state index in [-0.39, 0.29) is 0 Å². The molecule has 0 aliphatic heterocycles. The van der Waals surface area contributed by atoms with Crippen LogP contribution in [0.1, 0.15) is 25.3 Å². The van der Waals surface area contributed by atoms with Crippen LogP contribution in [0, 0.1) is 6.92 Å². The second-order valence-electron chi connectivity index (χ2n) is 4.34. The molecule has 1 aromatic heterocycles. The highest BCUT2D eigenvalue weighted by Gasteiger charge is 2.30. The van der Waals surface area contributed by atoms with Gasteiger partial charge in [0.2, 0.25) is 0 Å². The normalized spacial score (nSPS) is 23.0. The van der Waals surface area contributed by atoms with Crippen molar-refractivity contribution in [1.82, 2.24) is 9.97 Å². The van der Waals surface area contributed by atoms with E-state index in [1.165, 1.54) is 0 Å². The molecule has 1 aliphatic carbocycles. The Bertz CT molecular complexity index is 377. The van der Waals surface area contributed by atoms with Gasteiger partial charge >= 0.3 is 0 Å². The Morgan fingerprint density at radius 3 is 2.71 bits per heavy atom. The summed E-state index contributed by atoms with van der Waals surface area (Å²) in [5, 5.41) is 6.50. The van der Waals surface area contributed by atoms with Crippen molar-refractivity contribution in [2.24, 2.45) is 0 Å². The Balaban J connectivity index is 1.92. The number of hydrogen-bond donors (Lipinski definition) is 2. The molecular formula is C12H20N4O. The Morgan fingerprint density at radius 1 is 1.35 bits per heavy atom. The van der Waals surface area contributed by atoms with Crippen LogP contribution in [0.15, 0.2) is 6.33 Å². The third-order valence-corrected chi connectivity index (χ3v) is 3.16. The fourth-order valence-electron chi connectivity index (χ4n) is 2.10.